The third-order valence-corrected chi connectivity index (χ3v) is 5.00. The van der Waals surface area contributed by atoms with Crippen molar-refractivity contribution in [3.63, 3.8) is 0 Å². The second-order valence-electron chi connectivity index (χ2n) is 7.02. The van der Waals surface area contributed by atoms with Crippen LogP contribution in [0.2, 0.25) is 0 Å². The van der Waals surface area contributed by atoms with Crippen molar-refractivity contribution in [1.29, 1.82) is 0 Å². The van der Waals surface area contributed by atoms with Gasteiger partial charge < -0.3 is 15.0 Å². The van der Waals surface area contributed by atoms with Crippen LogP contribution < -0.4 is 10.1 Å². The number of carbonyl (C=O) groups is 1. The number of nitrogens with one attached hydrogen (secondary N) is 2. The Kier molecular flexibility index (Phi) is 4.61. The maximum Gasteiger partial charge on any atom is 0.251 e. The van der Waals surface area contributed by atoms with Gasteiger partial charge in [0.05, 0.1) is 0 Å². The fourth-order valence-corrected chi connectivity index (χ4v) is 3.48. The van der Waals surface area contributed by atoms with Gasteiger partial charge >= 0.3 is 0 Å². The van der Waals surface area contributed by atoms with Crippen molar-refractivity contribution < 1.29 is 9.53 Å². The van der Waals surface area contributed by atoms with E-state index >= 15 is 0 Å². The van der Waals surface area contributed by atoms with Crippen LogP contribution in [0, 0.1) is 6.92 Å². The van der Waals surface area contributed by atoms with Gasteiger partial charge in [-0.1, -0.05) is 12.1 Å². The normalized spacial score (nSPS) is 20.0. The summed E-state index contributed by atoms with van der Waals surface area (Å²) in [7, 11) is 0. The predicted molar refractivity (Wildman–Crippen MR) is 101 cm³/mol. The van der Waals surface area contributed by atoms with Crippen LogP contribution in [0.25, 0.3) is 10.9 Å². The number of carbonyl (C=O) groups excluding carboxylic acids is 1. The van der Waals surface area contributed by atoms with E-state index in [2.05, 4.69) is 15.3 Å². The second kappa shape index (κ2) is 7.20. The Bertz CT molecular complexity index is 893. The molecule has 1 aliphatic rings. The number of fused-ring (bicyclic) bond motifs is 1. The van der Waals surface area contributed by atoms with Crippen LogP contribution in [-0.2, 0) is 0 Å². The van der Waals surface area contributed by atoms with Gasteiger partial charge in [0.2, 0.25) is 5.88 Å². The highest BCUT2D eigenvalue weighted by atomic mass is 16.5. The van der Waals surface area contributed by atoms with Crippen LogP contribution in [0.3, 0.4) is 0 Å². The molecule has 1 aliphatic carbocycles. The van der Waals surface area contributed by atoms with Crippen molar-refractivity contribution in [2.24, 2.45) is 0 Å². The zero-order valence-corrected chi connectivity index (χ0v) is 14.9. The van der Waals surface area contributed by atoms with E-state index in [1.54, 1.807) is 0 Å². The van der Waals surface area contributed by atoms with E-state index in [0.717, 1.165) is 42.1 Å². The highest BCUT2D eigenvalue weighted by Gasteiger charge is 2.24. The van der Waals surface area contributed by atoms with Gasteiger partial charge in [-0.15, -0.1) is 0 Å². The number of pyridine rings is 1. The molecule has 2 aromatic heterocycles. The standard InChI is InChI=1S/C21H23N3O2/c1-14-2-9-20(23-13-14)26-18-7-5-17(6-8-18)24-21(25)16-4-3-15-10-11-22-19(15)12-16/h2-4,9-13,17-18,22H,5-8H2,1H3,(H,24,25). The number of amides is 1. The van der Waals surface area contributed by atoms with E-state index in [0.29, 0.717) is 11.4 Å². The summed E-state index contributed by atoms with van der Waals surface area (Å²) in [6.07, 6.45) is 7.58. The number of benzene rings is 1. The Morgan fingerprint density at radius 3 is 2.77 bits per heavy atom. The van der Waals surface area contributed by atoms with Gasteiger partial charge in [-0.05, 0) is 61.8 Å². The predicted octanol–water partition coefficient (Wildman–Crippen LogP) is 3.99. The number of ether oxygens (including phenoxy) is 1. The van der Waals surface area contributed by atoms with Crippen molar-refractivity contribution in [2.45, 2.75) is 44.8 Å². The average molecular weight is 349 g/mol. The first-order chi connectivity index (χ1) is 12.7. The third-order valence-electron chi connectivity index (χ3n) is 5.00. The van der Waals surface area contributed by atoms with Gasteiger partial charge in [-0.2, -0.15) is 0 Å². The lowest BCUT2D eigenvalue weighted by Gasteiger charge is -2.29. The monoisotopic (exact) mass is 349 g/mol. The highest BCUT2D eigenvalue weighted by Crippen LogP contribution is 2.23. The molecule has 134 valence electrons. The number of hydrogen-bond donors (Lipinski definition) is 2. The summed E-state index contributed by atoms with van der Waals surface area (Å²) in [5, 5.41) is 4.27. The largest absolute Gasteiger partial charge is 0.474 e. The Labute approximate surface area is 152 Å². The number of nitrogens with zero attached hydrogens (tertiary/aromatic N) is 1. The van der Waals surface area contributed by atoms with E-state index in [4.69, 9.17) is 4.74 Å². The molecule has 26 heavy (non-hydrogen) atoms. The van der Waals surface area contributed by atoms with Crippen LogP contribution in [0.5, 0.6) is 5.88 Å². The third kappa shape index (κ3) is 3.72. The summed E-state index contributed by atoms with van der Waals surface area (Å²) >= 11 is 0. The Balaban J connectivity index is 1.30. The maximum absolute atomic E-state index is 12.5. The smallest absolute Gasteiger partial charge is 0.251 e. The van der Waals surface area contributed by atoms with E-state index < -0.39 is 0 Å². The topological polar surface area (TPSA) is 67.0 Å². The molecule has 3 aromatic rings. The molecule has 0 radical (unpaired) electrons. The summed E-state index contributed by atoms with van der Waals surface area (Å²) in [6, 6.07) is 11.9. The summed E-state index contributed by atoms with van der Waals surface area (Å²) < 4.78 is 5.96. The average Bonchev–Trinajstić information content (AvgIpc) is 3.13. The molecule has 1 saturated carbocycles. The minimum atomic E-state index is -0.00827. The molecule has 0 bridgehead atoms. The number of aryl methyl sites for hydroxylation is 1. The molecule has 1 amide bonds. The van der Waals surface area contributed by atoms with E-state index in [1.807, 2.05) is 55.7 Å². The summed E-state index contributed by atoms with van der Waals surface area (Å²) in [5.74, 6) is 0.674. The Morgan fingerprint density at radius 2 is 2.00 bits per heavy atom. The van der Waals surface area contributed by atoms with Crippen molar-refractivity contribution in [3.8, 4) is 5.88 Å². The van der Waals surface area contributed by atoms with E-state index in [1.165, 1.54) is 0 Å². The molecule has 5 heteroatoms. The van der Waals surface area contributed by atoms with Gasteiger partial charge in [0.15, 0.2) is 0 Å². The molecular weight excluding hydrogens is 326 g/mol. The van der Waals surface area contributed by atoms with Crippen molar-refractivity contribution in [2.75, 3.05) is 0 Å². The zero-order chi connectivity index (χ0) is 17.9. The first-order valence-electron chi connectivity index (χ1n) is 9.15. The Morgan fingerprint density at radius 1 is 1.15 bits per heavy atom. The number of aromatic nitrogens is 2. The van der Waals surface area contributed by atoms with Crippen LogP contribution in [0.4, 0.5) is 0 Å². The first-order valence-corrected chi connectivity index (χ1v) is 9.15. The molecule has 2 N–H and O–H groups in total. The molecule has 0 atom stereocenters. The van der Waals surface area contributed by atoms with Crippen molar-refractivity contribution >= 4 is 16.8 Å². The van der Waals surface area contributed by atoms with Crippen LogP contribution in [-0.4, -0.2) is 28.0 Å². The van der Waals surface area contributed by atoms with Gasteiger partial charge in [0, 0.05) is 35.6 Å². The lowest BCUT2D eigenvalue weighted by Crippen LogP contribution is -2.39. The fourth-order valence-electron chi connectivity index (χ4n) is 3.48. The van der Waals surface area contributed by atoms with Gasteiger partial charge in [0.25, 0.3) is 5.91 Å². The summed E-state index contributed by atoms with van der Waals surface area (Å²) in [4.78, 5) is 20.0. The molecule has 0 spiro atoms. The van der Waals surface area contributed by atoms with E-state index in [9.17, 15) is 4.79 Å². The minimum Gasteiger partial charge on any atom is -0.474 e. The quantitative estimate of drug-likeness (QED) is 0.748. The fraction of sp³-hybridized carbons (Fsp3) is 0.333. The van der Waals surface area contributed by atoms with Gasteiger partial charge in [-0.25, -0.2) is 4.98 Å². The van der Waals surface area contributed by atoms with Crippen molar-refractivity contribution in [3.05, 3.63) is 59.9 Å². The lowest BCUT2D eigenvalue weighted by atomic mass is 9.92. The van der Waals surface area contributed by atoms with Crippen LogP contribution in [0.1, 0.15) is 41.6 Å². The molecule has 0 unspecified atom stereocenters. The molecule has 4 rings (SSSR count). The summed E-state index contributed by atoms with van der Waals surface area (Å²) in [6.45, 7) is 2.01. The number of aromatic amines is 1. The Hall–Kier alpha value is -2.82. The molecule has 1 aromatic carbocycles. The molecule has 2 heterocycles. The first kappa shape index (κ1) is 16.6. The number of hydrogen-bond acceptors (Lipinski definition) is 3. The maximum atomic E-state index is 12.5. The van der Waals surface area contributed by atoms with Gasteiger partial charge in [0.1, 0.15) is 6.10 Å². The molecular formula is C21H23N3O2. The van der Waals surface area contributed by atoms with Crippen LogP contribution >= 0.6 is 0 Å². The SMILES string of the molecule is Cc1ccc(OC2CCC(NC(=O)c3ccc4cc[nH]c4c3)CC2)nc1. The molecule has 0 aliphatic heterocycles. The molecule has 1 fully saturated rings. The molecule has 5 nitrogen and oxygen atoms in total. The lowest BCUT2D eigenvalue weighted by molar-refractivity contribution is 0.0890. The molecule has 0 saturated heterocycles. The second-order valence-corrected chi connectivity index (χ2v) is 7.02. The zero-order valence-electron chi connectivity index (χ0n) is 14.9. The van der Waals surface area contributed by atoms with Crippen molar-refractivity contribution in [1.82, 2.24) is 15.3 Å². The van der Waals surface area contributed by atoms with Crippen LogP contribution in [0.15, 0.2) is 48.8 Å². The number of H-pyrrole nitrogens is 1. The summed E-state index contributed by atoms with van der Waals surface area (Å²) in [5.41, 5.74) is 2.81. The minimum absolute atomic E-state index is 0.00827. The highest BCUT2D eigenvalue weighted by molar-refractivity contribution is 5.98. The number of rotatable bonds is 4. The van der Waals surface area contributed by atoms with Gasteiger partial charge in [-0.3, -0.25) is 4.79 Å². The van der Waals surface area contributed by atoms with E-state index in [-0.39, 0.29) is 18.1 Å².